The van der Waals surface area contributed by atoms with Crippen molar-refractivity contribution >= 4 is 25.0 Å². The predicted molar refractivity (Wildman–Crippen MR) is 89.9 cm³/mol. The second-order valence-corrected chi connectivity index (χ2v) is 6.19. The summed E-state index contributed by atoms with van der Waals surface area (Å²) in [5.41, 5.74) is 1.87. The van der Waals surface area contributed by atoms with E-state index in [9.17, 15) is 14.7 Å². The number of nitrogens with one attached hydrogen (secondary N) is 1. The Morgan fingerprint density at radius 2 is 2.22 bits per heavy atom. The first-order chi connectivity index (χ1) is 10.9. The number of hydrogen-bond donors (Lipinski definition) is 2. The molecule has 0 aliphatic carbocycles. The van der Waals surface area contributed by atoms with Crippen LogP contribution in [0, 0.1) is 0 Å². The van der Waals surface area contributed by atoms with Crippen molar-refractivity contribution in [3.63, 3.8) is 0 Å². The molecule has 0 bridgehead atoms. The molecule has 0 aliphatic heterocycles. The van der Waals surface area contributed by atoms with Gasteiger partial charge >= 0.3 is 4.87 Å². The third-order valence-electron chi connectivity index (χ3n) is 3.50. The van der Waals surface area contributed by atoms with Crippen molar-refractivity contribution in [2.45, 2.75) is 12.8 Å². The smallest absolute Gasteiger partial charge is 0.307 e. The quantitative estimate of drug-likeness (QED) is 0.786. The summed E-state index contributed by atoms with van der Waals surface area (Å²) in [7, 11) is 8.43. The Hall–Kier alpha value is -2.22. The summed E-state index contributed by atoms with van der Waals surface area (Å²) in [6.45, 7) is 0.470. The fraction of sp³-hybridized carbons (Fsp3) is 0.333. The Morgan fingerprint density at radius 1 is 1.48 bits per heavy atom. The number of H-pyrrole nitrogens is 1. The molecule has 1 amide bonds. The van der Waals surface area contributed by atoms with Crippen molar-refractivity contribution < 1.29 is 14.6 Å². The number of aromatic amines is 1. The molecule has 23 heavy (non-hydrogen) atoms. The highest BCUT2D eigenvalue weighted by Crippen LogP contribution is 2.25. The third kappa shape index (κ3) is 4.38. The zero-order valence-corrected chi connectivity index (χ0v) is 13.8. The lowest BCUT2D eigenvalue weighted by atomic mass is 10.0. The second kappa shape index (κ2) is 7.37. The number of nitrogens with zero attached hydrogens (tertiary/aromatic N) is 1. The van der Waals surface area contributed by atoms with E-state index in [1.165, 1.54) is 4.90 Å². The largest absolute Gasteiger partial charge is 0.496 e. The Bertz CT molecular complexity index is 756. The molecule has 0 atom stereocenters. The van der Waals surface area contributed by atoms with E-state index in [-0.39, 0.29) is 10.8 Å². The number of thiazole rings is 1. The number of benzene rings is 1. The lowest BCUT2D eigenvalue weighted by molar-refractivity contribution is 0.232. The Labute approximate surface area is 139 Å². The summed E-state index contributed by atoms with van der Waals surface area (Å²) < 4.78 is 5.33. The highest BCUT2D eigenvalue weighted by Gasteiger charge is 2.11. The fourth-order valence-corrected chi connectivity index (χ4v) is 2.95. The minimum Gasteiger partial charge on any atom is -0.496 e. The van der Waals surface area contributed by atoms with E-state index in [1.807, 2.05) is 18.2 Å². The van der Waals surface area contributed by atoms with Gasteiger partial charge in [-0.3, -0.25) is 14.6 Å². The molecule has 6 nitrogen and oxygen atoms in total. The molecular formula is C15H17BN2O4S. The first kappa shape index (κ1) is 17.1. The molecule has 0 spiro atoms. The van der Waals surface area contributed by atoms with Crippen LogP contribution in [0.25, 0.3) is 0 Å². The van der Waals surface area contributed by atoms with Crippen LogP contribution in [-0.4, -0.2) is 49.3 Å². The van der Waals surface area contributed by atoms with Crippen molar-refractivity contribution in [3.05, 3.63) is 43.9 Å². The van der Waals surface area contributed by atoms with E-state index >= 15 is 0 Å². The molecule has 1 aromatic carbocycles. The molecule has 0 aliphatic rings. The molecule has 2 radical (unpaired) electrons. The molecular weight excluding hydrogens is 315 g/mol. The van der Waals surface area contributed by atoms with Gasteiger partial charge in [0.15, 0.2) is 5.81 Å². The van der Waals surface area contributed by atoms with Crippen LogP contribution in [0.3, 0.4) is 0 Å². The Balaban J connectivity index is 2.19. The number of ether oxygens (including phenoxy) is 1. The number of carbonyl (C=O) groups excluding carboxylic acids is 1. The van der Waals surface area contributed by atoms with Crippen molar-refractivity contribution in [2.75, 3.05) is 20.7 Å². The van der Waals surface area contributed by atoms with Gasteiger partial charge in [-0.1, -0.05) is 23.5 Å². The molecule has 2 aromatic rings. The summed E-state index contributed by atoms with van der Waals surface area (Å²) in [6.07, 6.45) is 1.03. The van der Waals surface area contributed by atoms with Crippen LogP contribution in [0.5, 0.6) is 11.6 Å². The van der Waals surface area contributed by atoms with Crippen LogP contribution >= 0.6 is 11.3 Å². The Morgan fingerprint density at radius 3 is 2.78 bits per heavy atom. The van der Waals surface area contributed by atoms with E-state index < -0.39 is 5.81 Å². The summed E-state index contributed by atoms with van der Waals surface area (Å²) in [5, 5.41) is 9.67. The van der Waals surface area contributed by atoms with Crippen molar-refractivity contribution in [1.29, 1.82) is 0 Å². The molecule has 1 heterocycles. The van der Waals surface area contributed by atoms with Gasteiger partial charge in [0.1, 0.15) is 5.75 Å². The van der Waals surface area contributed by atoms with Gasteiger partial charge in [0.2, 0.25) is 13.7 Å². The Kier molecular flexibility index (Phi) is 5.49. The van der Waals surface area contributed by atoms with Gasteiger partial charge in [0.05, 0.1) is 12.0 Å². The molecule has 2 rings (SSSR count). The van der Waals surface area contributed by atoms with Crippen LogP contribution in [0.1, 0.15) is 16.0 Å². The number of likely N-dealkylation sites (N-methyl/N-ethyl adjacent to an activating group) is 1. The molecule has 8 heteroatoms. The molecule has 1 aromatic heterocycles. The molecule has 0 unspecified atom stereocenters. The molecule has 120 valence electrons. The predicted octanol–water partition coefficient (Wildman–Crippen LogP) is 1.50. The van der Waals surface area contributed by atoms with Crippen LogP contribution in [0.4, 0.5) is 4.79 Å². The number of aromatic hydroxyl groups is 1. The van der Waals surface area contributed by atoms with Gasteiger partial charge in [-0.25, -0.2) is 0 Å². The minimum atomic E-state index is -0.484. The van der Waals surface area contributed by atoms with Gasteiger partial charge in [0.25, 0.3) is 0 Å². The molecule has 0 saturated heterocycles. The third-order valence-corrected chi connectivity index (χ3v) is 4.37. The second-order valence-electron chi connectivity index (χ2n) is 5.12. The maximum Gasteiger partial charge on any atom is 0.307 e. The average molecular weight is 332 g/mol. The monoisotopic (exact) mass is 332 g/mol. The zero-order valence-electron chi connectivity index (χ0n) is 13.0. The van der Waals surface area contributed by atoms with Gasteiger partial charge in [0, 0.05) is 20.0 Å². The van der Waals surface area contributed by atoms with Crippen LogP contribution in [0.2, 0.25) is 0 Å². The first-order valence-electron chi connectivity index (χ1n) is 6.98. The maximum absolute atomic E-state index is 11.2. The van der Waals surface area contributed by atoms with Crippen molar-refractivity contribution in [2.24, 2.45) is 0 Å². The topological polar surface area (TPSA) is 82.6 Å². The number of carbonyl (C=O) groups is 1. The number of amides is 1. The number of hydrogen-bond acceptors (Lipinski definition) is 5. The normalized spacial score (nSPS) is 10.5. The molecule has 2 N–H and O–H groups in total. The molecule has 0 saturated carbocycles. The highest BCUT2D eigenvalue weighted by molar-refractivity contribution is 7.09. The number of rotatable bonds is 6. The summed E-state index contributed by atoms with van der Waals surface area (Å²) in [6, 6.07) is 5.66. The maximum atomic E-state index is 11.2. The van der Waals surface area contributed by atoms with E-state index in [0.717, 1.165) is 28.2 Å². The lowest BCUT2D eigenvalue weighted by Crippen LogP contribution is -2.27. The van der Waals surface area contributed by atoms with Gasteiger partial charge in [-0.15, -0.1) is 0 Å². The highest BCUT2D eigenvalue weighted by atomic mass is 32.1. The van der Waals surface area contributed by atoms with Crippen LogP contribution in [0.15, 0.2) is 23.0 Å². The first-order valence-corrected chi connectivity index (χ1v) is 7.79. The number of aromatic nitrogens is 1. The van der Waals surface area contributed by atoms with E-state index in [4.69, 9.17) is 12.6 Å². The molecule has 0 fully saturated rings. The van der Waals surface area contributed by atoms with E-state index in [0.29, 0.717) is 24.3 Å². The summed E-state index contributed by atoms with van der Waals surface area (Å²) in [5.74, 6) is 0.145. The fourth-order valence-electron chi connectivity index (χ4n) is 2.19. The van der Waals surface area contributed by atoms with Crippen LogP contribution in [-0.2, 0) is 12.8 Å². The zero-order chi connectivity index (χ0) is 17.0. The van der Waals surface area contributed by atoms with Gasteiger partial charge in [-0.05, 0) is 23.6 Å². The van der Waals surface area contributed by atoms with Crippen molar-refractivity contribution in [3.8, 4) is 11.6 Å². The standard InChI is InChI=1S/C15H17BN2O4S/c1-18(14(16)20)6-5-10-7-9(3-4-11(10)22-2)8-12-13(19)17-15(21)23-12/h3-4,7,19H,5-6,8H2,1-2H3,(H,17,21). The average Bonchev–Trinajstić information content (AvgIpc) is 2.82. The van der Waals surface area contributed by atoms with E-state index in [2.05, 4.69) is 4.98 Å². The lowest BCUT2D eigenvalue weighted by Gasteiger charge is -2.17. The summed E-state index contributed by atoms with van der Waals surface area (Å²) in [4.78, 5) is 26.4. The van der Waals surface area contributed by atoms with Crippen LogP contribution < -0.4 is 9.61 Å². The minimum absolute atomic E-state index is 0.0918. The van der Waals surface area contributed by atoms with E-state index in [1.54, 1.807) is 14.2 Å². The van der Waals surface area contributed by atoms with Crippen molar-refractivity contribution in [1.82, 2.24) is 9.88 Å². The summed E-state index contributed by atoms with van der Waals surface area (Å²) >= 11 is 0.985. The van der Waals surface area contributed by atoms with Gasteiger partial charge in [-0.2, -0.15) is 0 Å². The SMILES string of the molecule is [B]C(=O)N(C)CCc1cc(Cc2sc(=O)[nH]c2O)ccc1OC. The van der Waals surface area contributed by atoms with Gasteiger partial charge < -0.3 is 14.7 Å². The number of methoxy groups -OCH3 is 1.